The maximum Gasteiger partial charge on any atom is 0.350 e. The molecule has 0 spiro atoms. The first-order valence-electron chi connectivity index (χ1n) is 9.40. The van der Waals surface area contributed by atoms with Gasteiger partial charge in [-0.3, -0.25) is 4.79 Å². The second-order valence-electron chi connectivity index (χ2n) is 6.67. The Morgan fingerprint density at radius 2 is 1.78 bits per heavy atom. The van der Waals surface area contributed by atoms with Gasteiger partial charge in [0.25, 0.3) is 5.91 Å². The molecule has 0 unspecified atom stereocenters. The van der Waals surface area contributed by atoms with Crippen LogP contribution in [0.5, 0.6) is 5.75 Å². The zero-order valence-corrected chi connectivity index (χ0v) is 19.9. The highest BCUT2D eigenvalue weighted by molar-refractivity contribution is 7.90. The van der Waals surface area contributed by atoms with Crippen molar-refractivity contribution in [2.75, 3.05) is 25.3 Å². The van der Waals surface area contributed by atoms with Crippen LogP contribution in [0.2, 0.25) is 5.02 Å². The van der Waals surface area contributed by atoms with Crippen molar-refractivity contribution in [3.63, 3.8) is 0 Å². The number of ether oxygens (including phenoxy) is 2. The smallest absolute Gasteiger partial charge is 0.350 e. The highest BCUT2D eigenvalue weighted by Crippen LogP contribution is 2.36. The number of rotatable bonds is 7. The monoisotopic (exact) mass is 493 g/mol. The maximum atomic E-state index is 12.9. The molecular formula is C22H20ClNO6S2. The van der Waals surface area contributed by atoms with Gasteiger partial charge in [0.05, 0.1) is 34.9 Å². The third kappa shape index (κ3) is 5.29. The van der Waals surface area contributed by atoms with Gasteiger partial charge in [0.2, 0.25) is 0 Å². The van der Waals surface area contributed by atoms with E-state index in [4.69, 9.17) is 21.1 Å². The molecule has 7 nitrogen and oxygen atoms in total. The van der Waals surface area contributed by atoms with Gasteiger partial charge in [-0.15, -0.1) is 11.3 Å². The fourth-order valence-electron chi connectivity index (χ4n) is 2.83. The van der Waals surface area contributed by atoms with E-state index < -0.39 is 21.7 Å². The number of hydrogen-bond acceptors (Lipinski definition) is 7. The topological polar surface area (TPSA) is 98.8 Å². The van der Waals surface area contributed by atoms with Crippen LogP contribution in [-0.4, -0.2) is 40.3 Å². The minimum Gasteiger partial charge on any atom is -0.497 e. The number of nitrogens with one attached hydrogen (secondary N) is 1. The lowest BCUT2D eigenvalue weighted by atomic mass is 10.1. The molecule has 0 aliphatic heterocycles. The Morgan fingerprint density at radius 3 is 2.38 bits per heavy atom. The molecular weight excluding hydrogens is 474 g/mol. The summed E-state index contributed by atoms with van der Waals surface area (Å²) < 4.78 is 34.0. The van der Waals surface area contributed by atoms with Gasteiger partial charge in [-0.1, -0.05) is 11.6 Å². The third-order valence-corrected chi connectivity index (χ3v) is 7.03. The van der Waals surface area contributed by atoms with E-state index >= 15 is 0 Å². The number of thiophene rings is 1. The molecule has 0 bridgehead atoms. The number of carbonyl (C=O) groups excluding carboxylic acids is 2. The summed E-state index contributed by atoms with van der Waals surface area (Å²) in [6.45, 7) is 1.86. The lowest BCUT2D eigenvalue weighted by molar-refractivity contribution is 0.0533. The molecule has 0 radical (unpaired) electrons. The minimum absolute atomic E-state index is 0.0263. The summed E-state index contributed by atoms with van der Waals surface area (Å²) >= 11 is 7.30. The average molecular weight is 494 g/mol. The Labute approximate surface area is 194 Å². The van der Waals surface area contributed by atoms with Crippen molar-refractivity contribution in [1.29, 1.82) is 0 Å². The quantitative estimate of drug-likeness (QED) is 0.469. The first-order valence-corrected chi connectivity index (χ1v) is 12.5. The second kappa shape index (κ2) is 9.72. The lowest BCUT2D eigenvalue weighted by Gasteiger charge is -2.09. The maximum absolute atomic E-state index is 12.9. The van der Waals surface area contributed by atoms with Crippen molar-refractivity contribution in [1.82, 2.24) is 0 Å². The van der Waals surface area contributed by atoms with Gasteiger partial charge in [-0.2, -0.15) is 0 Å². The van der Waals surface area contributed by atoms with Gasteiger partial charge in [-0.25, -0.2) is 13.2 Å². The standard InChI is InChI=1S/C22H20ClNO6S2/c1-4-30-22(26)20-18(12-19(31-20)13-5-7-14(29-2)8-6-13)24-21(25)16-11-15(32(3,27)28)9-10-17(16)23/h5-12H,4H2,1-3H3,(H,24,25). The number of carbonyl (C=O) groups is 2. The highest BCUT2D eigenvalue weighted by Gasteiger charge is 2.22. The molecule has 0 saturated carbocycles. The molecule has 3 aromatic rings. The Kier molecular flexibility index (Phi) is 7.22. The molecule has 1 N–H and O–H groups in total. The van der Waals surface area contributed by atoms with Gasteiger partial charge in [0, 0.05) is 11.1 Å². The SMILES string of the molecule is CCOC(=O)c1sc(-c2ccc(OC)cc2)cc1NC(=O)c1cc(S(C)(=O)=O)ccc1Cl. The van der Waals surface area contributed by atoms with E-state index in [1.54, 1.807) is 32.2 Å². The van der Waals surface area contributed by atoms with E-state index in [9.17, 15) is 18.0 Å². The number of halogens is 1. The van der Waals surface area contributed by atoms with E-state index in [1.807, 2.05) is 12.1 Å². The van der Waals surface area contributed by atoms with Gasteiger partial charge in [0.1, 0.15) is 10.6 Å². The van der Waals surface area contributed by atoms with E-state index in [1.165, 1.54) is 18.2 Å². The van der Waals surface area contributed by atoms with Crippen molar-refractivity contribution in [2.45, 2.75) is 11.8 Å². The van der Waals surface area contributed by atoms with Crippen molar-refractivity contribution < 1.29 is 27.5 Å². The lowest BCUT2D eigenvalue weighted by Crippen LogP contribution is -2.15. The Balaban J connectivity index is 2.00. The molecule has 1 aromatic heterocycles. The largest absolute Gasteiger partial charge is 0.497 e. The molecule has 2 aromatic carbocycles. The Morgan fingerprint density at radius 1 is 1.09 bits per heavy atom. The van der Waals surface area contributed by atoms with E-state index in [0.717, 1.165) is 28.0 Å². The van der Waals surface area contributed by atoms with Crippen molar-refractivity contribution in [3.05, 3.63) is 64.0 Å². The van der Waals surface area contributed by atoms with Crippen LogP contribution < -0.4 is 10.1 Å². The molecule has 1 heterocycles. The van der Waals surface area contributed by atoms with Crippen LogP contribution in [0, 0.1) is 0 Å². The molecule has 10 heteroatoms. The summed E-state index contributed by atoms with van der Waals surface area (Å²) in [5, 5.41) is 2.75. The van der Waals surface area contributed by atoms with Crippen molar-refractivity contribution in [3.8, 4) is 16.2 Å². The Bertz CT molecular complexity index is 1270. The second-order valence-corrected chi connectivity index (χ2v) is 10.1. The van der Waals surface area contributed by atoms with E-state index in [-0.39, 0.29) is 32.7 Å². The van der Waals surface area contributed by atoms with Crippen LogP contribution in [0.3, 0.4) is 0 Å². The third-order valence-electron chi connectivity index (χ3n) is 4.43. The van der Waals surface area contributed by atoms with Gasteiger partial charge < -0.3 is 14.8 Å². The summed E-state index contributed by atoms with van der Waals surface area (Å²) in [5.41, 5.74) is 1.03. The van der Waals surface area contributed by atoms with Gasteiger partial charge in [-0.05, 0) is 61.0 Å². The molecule has 0 saturated heterocycles. The number of anilines is 1. The van der Waals surface area contributed by atoms with E-state index in [2.05, 4.69) is 5.32 Å². The fraction of sp³-hybridized carbons (Fsp3) is 0.182. The molecule has 32 heavy (non-hydrogen) atoms. The van der Waals surface area contributed by atoms with E-state index in [0.29, 0.717) is 5.75 Å². The van der Waals surface area contributed by atoms with Crippen LogP contribution in [-0.2, 0) is 14.6 Å². The zero-order chi connectivity index (χ0) is 23.5. The van der Waals surface area contributed by atoms with Crippen LogP contribution in [0.4, 0.5) is 5.69 Å². The molecule has 1 amide bonds. The average Bonchev–Trinajstić information content (AvgIpc) is 3.17. The highest BCUT2D eigenvalue weighted by atomic mass is 35.5. The van der Waals surface area contributed by atoms with Crippen LogP contribution in [0.15, 0.2) is 53.4 Å². The molecule has 3 rings (SSSR count). The summed E-state index contributed by atoms with van der Waals surface area (Å²) in [5.74, 6) is -0.543. The summed E-state index contributed by atoms with van der Waals surface area (Å²) in [6.07, 6.45) is 1.04. The number of hydrogen-bond donors (Lipinski definition) is 1. The molecule has 0 aliphatic carbocycles. The molecule has 0 aliphatic rings. The first-order chi connectivity index (χ1) is 15.1. The van der Waals surface area contributed by atoms with Crippen LogP contribution in [0.25, 0.3) is 10.4 Å². The minimum atomic E-state index is -3.54. The molecule has 168 valence electrons. The number of methoxy groups -OCH3 is 1. The van der Waals surface area contributed by atoms with Crippen molar-refractivity contribution in [2.24, 2.45) is 0 Å². The van der Waals surface area contributed by atoms with Crippen LogP contribution >= 0.6 is 22.9 Å². The zero-order valence-electron chi connectivity index (χ0n) is 17.5. The van der Waals surface area contributed by atoms with Crippen LogP contribution in [0.1, 0.15) is 27.0 Å². The number of amides is 1. The summed E-state index contributed by atoms with van der Waals surface area (Å²) in [7, 11) is -1.97. The van der Waals surface area contributed by atoms with Gasteiger partial charge in [0.15, 0.2) is 9.84 Å². The Hall–Kier alpha value is -2.88. The normalized spacial score (nSPS) is 11.1. The summed E-state index contributed by atoms with van der Waals surface area (Å²) in [6, 6.07) is 12.8. The predicted octanol–water partition coefficient (Wildman–Crippen LogP) is 4.91. The molecule has 0 fully saturated rings. The van der Waals surface area contributed by atoms with Crippen molar-refractivity contribution >= 4 is 50.3 Å². The summed E-state index contributed by atoms with van der Waals surface area (Å²) in [4.78, 5) is 26.3. The first kappa shape index (κ1) is 23.8. The fourth-order valence-corrected chi connectivity index (χ4v) is 4.69. The number of esters is 1. The predicted molar refractivity (Wildman–Crippen MR) is 125 cm³/mol. The number of benzene rings is 2. The molecule has 0 atom stereocenters. The van der Waals surface area contributed by atoms with Gasteiger partial charge >= 0.3 is 5.97 Å². The number of sulfone groups is 1.